The molecule has 3 aromatic heterocycles. The molecule has 1 aromatic carbocycles. The Morgan fingerprint density at radius 2 is 1.95 bits per heavy atom. The number of benzene rings is 1. The van der Waals surface area contributed by atoms with Gasteiger partial charge in [0.15, 0.2) is 15.6 Å². The smallest absolute Gasteiger partial charge is 0.407 e. The third-order valence-electron chi connectivity index (χ3n) is 8.65. The minimum atomic E-state index is -0.436. The van der Waals surface area contributed by atoms with Gasteiger partial charge in [-0.1, -0.05) is 30.3 Å². The molecule has 4 aromatic rings. The maximum atomic E-state index is 12.7. The van der Waals surface area contributed by atoms with Crippen LogP contribution in [0.2, 0.25) is 0 Å². The zero-order valence-corrected chi connectivity index (χ0v) is 24.7. The van der Waals surface area contributed by atoms with Gasteiger partial charge in [0.2, 0.25) is 0 Å². The Balaban J connectivity index is 1.09. The highest BCUT2D eigenvalue weighted by Gasteiger charge is 2.68. The predicted molar refractivity (Wildman–Crippen MR) is 159 cm³/mol. The predicted octanol–water partition coefficient (Wildman–Crippen LogP) is 4.24. The van der Waals surface area contributed by atoms with Gasteiger partial charge in [0.05, 0.1) is 11.6 Å². The van der Waals surface area contributed by atoms with E-state index in [1.165, 1.54) is 0 Å². The molecular weight excluding hydrogens is 635 g/mol. The fraction of sp³-hybridized carbons (Fsp3) is 0.448. The summed E-state index contributed by atoms with van der Waals surface area (Å²) in [6.45, 7) is 2.99. The Bertz CT molecular complexity index is 1530. The Morgan fingerprint density at radius 1 is 1.10 bits per heavy atom. The summed E-state index contributed by atoms with van der Waals surface area (Å²) in [5.41, 5.74) is 2.16. The van der Waals surface area contributed by atoms with E-state index < -0.39 is 6.09 Å². The number of halogens is 1. The highest BCUT2D eigenvalue weighted by molar-refractivity contribution is 14.1. The number of aromatic nitrogens is 6. The van der Waals surface area contributed by atoms with Crippen molar-refractivity contribution in [3.63, 3.8) is 0 Å². The van der Waals surface area contributed by atoms with Crippen LogP contribution in [-0.2, 0) is 21.5 Å². The Kier molecular flexibility index (Phi) is 7.19. The molecule has 3 fully saturated rings. The van der Waals surface area contributed by atoms with Crippen molar-refractivity contribution in [2.45, 2.75) is 43.9 Å². The Morgan fingerprint density at radius 3 is 2.76 bits per heavy atom. The molecule has 41 heavy (non-hydrogen) atoms. The lowest BCUT2D eigenvalue weighted by atomic mass is 10.00. The topological polar surface area (TPSA) is 120 Å². The molecule has 2 saturated heterocycles. The number of hydrogen-bond acceptors (Lipinski definition) is 9. The molecule has 212 valence electrons. The number of anilines is 1. The Hall–Kier alpha value is -3.39. The van der Waals surface area contributed by atoms with Crippen molar-refractivity contribution in [1.29, 1.82) is 0 Å². The summed E-state index contributed by atoms with van der Waals surface area (Å²) in [7, 11) is 0. The van der Waals surface area contributed by atoms with Gasteiger partial charge in [0.1, 0.15) is 23.8 Å². The number of rotatable bonds is 7. The van der Waals surface area contributed by atoms with Gasteiger partial charge in [-0.15, -0.1) is 0 Å². The van der Waals surface area contributed by atoms with Crippen molar-refractivity contribution in [1.82, 2.24) is 35.0 Å². The van der Waals surface area contributed by atoms with Gasteiger partial charge in [-0.05, 0) is 71.7 Å². The van der Waals surface area contributed by atoms with E-state index in [9.17, 15) is 4.79 Å². The van der Waals surface area contributed by atoms with Crippen LogP contribution in [0.15, 0.2) is 55.0 Å². The van der Waals surface area contributed by atoms with E-state index >= 15 is 0 Å². The van der Waals surface area contributed by atoms with Crippen LogP contribution in [0, 0.1) is 15.5 Å². The van der Waals surface area contributed by atoms with E-state index in [2.05, 4.69) is 42.8 Å². The number of fused-ring (bicyclic) bond motifs is 2. The molecule has 7 rings (SSSR count). The first-order valence-electron chi connectivity index (χ1n) is 14.1. The van der Waals surface area contributed by atoms with E-state index in [1.54, 1.807) is 12.4 Å². The summed E-state index contributed by atoms with van der Waals surface area (Å²) in [4.78, 5) is 34.1. The van der Waals surface area contributed by atoms with Crippen LogP contribution in [0.5, 0.6) is 0 Å². The van der Waals surface area contributed by atoms with E-state index in [0.717, 1.165) is 77.4 Å². The molecule has 4 atom stereocenters. The van der Waals surface area contributed by atoms with Crippen molar-refractivity contribution < 1.29 is 14.3 Å². The first-order chi connectivity index (χ1) is 20.1. The van der Waals surface area contributed by atoms with Crippen LogP contribution in [0.4, 0.5) is 10.6 Å². The summed E-state index contributed by atoms with van der Waals surface area (Å²) in [6.07, 6.45) is 8.90. The van der Waals surface area contributed by atoms with Crippen LogP contribution in [-0.4, -0.2) is 62.1 Å². The highest BCUT2D eigenvalue weighted by Crippen LogP contribution is 2.62. The molecule has 3 aliphatic rings. The number of carbonyl (C=O) groups is 1. The van der Waals surface area contributed by atoms with Crippen molar-refractivity contribution in [3.05, 3.63) is 70.1 Å². The van der Waals surface area contributed by atoms with Crippen molar-refractivity contribution in [2.24, 2.45) is 11.8 Å². The molecule has 1 amide bonds. The number of nitrogens with one attached hydrogen (secondary N) is 1. The first-order valence-corrected chi connectivity index (χ1v) is 15.2. The summed E-state index contributed by atoms with van der Waals surface area (Å²) in [6, 6.07) is 11.5. The zero-order chi connectivity index (χ0) is 27.8. The van der Waals surface area contributed by atoms with Gasteiger partial charge in [-0.25, -0.2) is 29.4 Å². The number of amides is 1. The number of nitrogens with zero attached hydrogens (tertiary/aromatic N) is 7. The maximum Gasteiger partial charge on any atom is 0.407 e. The SMILES string of the molecule is O=C(NCC1(c2ncccn2)C2CCN(c3cnc4c(I)nn(C5CCCCO5)c4n3)CC21)OCc1ccccc1. The minimum Gasteiger partial charge on any atom is -0.445 e. The number of ether oxygens (including phenoxy) is 2. The molecule has 0 bridgehead atoms. The van der Waals surface area contributed by atoms with Crippen molar-refractivity contribution >= 4 is 45.7 Å². The third-order valence-corrected chi connectivity index (χ3v) is 9.38. The monoisotopic (exact) mass is 666 g/mol. The molecule has 0 spiro atoms. The van der Waals surface area contributed by atoms with E-state index in [1.807, 2.05) is 47.3 Å². The van der Waals surface area contributed by atoms with E-state index in [-0.39, 0.29) is 24.2 Å². The average molecular weight is 667 g/mol. The lowest BCUT2D eigenvalue weighted by molar-refractivity contribution is -0.0372. The second-order valence-electron chi connectivity index (χ2n) is 10.9. The van der Waals surface area contributed by atoms with Crippen molar-refractivity contribution in [2.75, 3.05) is 31.1 Å². The lowest BCUT2D eigenvalue weighted by Crippen LogP contribution is -2.36. The third kappa shape index (κ3) is 5.00. The van der Waals surface area contributed by atoms with Crippen LogP contribution in [0.3, 0.4) is 0 Å². The number of alkyl carbamates (subject to hydrolysis) is 1. The molecule has 11 nitrogen and oxygen atoms in total. The largest absolute Gasteiger partial charge is 0.445 e. The summed E-state index contributed by atoms with van der Waals surface area (Å²) >= 11 is 2.22. The van der Waals surface area contributed by atoms with E-state index in [0.29, 0.717) is 12.5 Å². The lowest BCUT2D eigenvalue weighted by Gasteiger charge is -2.27. The molecule has 4 unspecified atom stereocenters. The minimum absolute atomic E-state index is 0.107. The summed E-state index contributed by atoms with van der Waals surface area (Å²) in [5, 5.41) is 7.75. The second kappa shape index (κ2) is 11.1. The maximum absolute atomic E-state index is 12.7. The average Bonchev–Trinajstić information content (AvgIpc) is 3.57. The normalized spacial score (nSPS) is 25.5. The molecular formula is C29H31IN8O3. The van der Waals surface area contributed by atoms with Crippen LogP contribution in [0.25, 0.3) is 11.2 Å². The summed E-state index contributed by atoms with van der Waals surface area (Å²) < 4.78 is 14.3. The zero-order valence-electron chi connectivity index (χ0n) is 22.5. The molecule has 1 aliphatic carbocycles. The Labute approximate surface area is 251 Å². The highest BCUT2D eigenvalue weighted by atomic mass is 127. The van der Waals surface area contributed by atoms with Gasteiger partial charge in [-0.2, -0.15) is 5.10 Å². The van der Waals surface area contributed by atoms with Crippen LogP contribution >= 0.6 is 22.6 Å². The van der Waals surface area contributed by atoms with Crippen molar-refractivity contribution in [3.8, 4) is 0 Å². The number of hydrogen-bond donors (Lipinski definition) is 1. The van der Waals surface area contributed by atoms with Gasteiger partial charge in [-0.3, -0.25) is 0 Å². The molecule has 5 heterocycles. The van der Waals surface area contributed by atoms with Gasteiger partial charge in [0, 0.05) is 38.6 Å². The molecule has 0 radical (unpaired) electrons. The number of piperidine rings is 1. The van der Waals surface area contributed by atoms with Crippen LogP contribution < -0.4 is 10.2 Å². The fourth-order valence-corrected chi connectivity index (χ4v) is 7.14. The molecule has 2 aliphatic heterocycles. The quantitative estimate of drug-likeness (QED) is 0.289. The van der Waals surface area contributed by atoms with Gasteiger partial charge in [0.25, 0.3) is 0 Å². The molecule has 1 N–H and O–H groups in total. The fourth-order valence-electron chi connectivity index (χ4n) is 6.52. The standard InChI is InChI=1S/C29H31IN8O3/c30-25-24-26(38(36-25)23-9-4-5-14-40-23)35-22(15-33-24)37-13-10-20-21(16-37)29(20,27-31-11-6-12-32-27)18-34-28(39)41-17-19-7-2-1-3-8-19/h1-3,6-8,11-12,15,20-21,23H,4-5,9-10,13-14,16-18H2,(H,34,39). The molecule has 1 saturated carbocycles. The van der Waals surface area contributed by atoms with Gasteiger partial charge < -0.3 is 19.7 Å². The van der Waals surface area contributed by atoms with E-state index in [4.69, 9.17) is 24.5 Å². The second-order valence-corrected chi connectivity index (χ2v) is 12.0. The first kappa shape index (κ1) is 26.5. The van der Waals surface area contributed by atoms with Gasteiger partial charge >= 0.3 is 6.09 Å². The molecule has 12 heteroatoms. The number of carbonyl (C=O) groups excluding carboxylic acids is 1. The van der Waals surface area contributed by atoms with Crippen LogP contribution in [0.1, 0.15) is 43.3 Å². The summed E-state index contributed by atoms with van der Waals surface area (Å²) in [5.74, 6) is 2.21.